The van der Waals surface area contributed by atoms with E-state index in [1.54, 1.807) is 0 Å². The van der Waals surface area contributed by atoms with Crippen molar-refractivity contribution in [2.24, 2.45) is 0 Å². The van der Waals surface area contributed by atoms with Gasteiger partial charge in [0.2, 0.25) is 5.91 Å². The summed E-state index contributed by atoms with van der Waals surface area (Å²) < 4.78 is 5.44. The number of rotatable bonds is 3. The van der Waals surface area contributed by atoms with Gasteiger partial charge in [-0.2, -0.15) is 0 Å². The summed E-state index contributed by atoms with van der Waals surface area (Å²) in [6.07, 6.45) is 4.40. The molecule has 0 spiro atoms. The summed E-state index contributed by atoms with van der Waals surface area (Å²) in [4.78, 5) is 10.7. The van der Waals surface area contributed by atoms with E-state index in [1.807, 2.05) is 0 Å². The van der Waals surface area contributed by atoms with Crippen molar-refractivity contribution in [1.82, 2.24) is 5.32 Å². The number of carbonyl (C=O) groups excluding carboxylic acids is 1. The molecule has 0 aromatic heterocycles. The Labute approximate surface area is 66.1 Å². The summed E-state index contributed by atoms with van der Waals surface area (Å²) in [5, 5.41) is 3.92. The predicted molar refractivity (Wildman–Crippen MR) is 39.1 cm³/mol. The van der Waals surface area contributed by atoms with Crippen molar-refractivity contribution >= 4 is 5.91 Å². The zero-order valence-electron chi connectivity index (χ0n) is 6.45. The second kappa shape index (κ2) is 2.81. The predicted octanol–water partition coefficient (Wildman–Crippen LogP) is 0.459. The topological polar surface area (TPSA) is 40.4 Å². The molecule has 1 amide bonds. The molecule has 0 aromatic rings. The Balaban J connectivity index is 1.65. The summed E-state index contributed by atoms with van der Waals surface area (Å²) in [7, 11) is 0. The van der Waals surface area contributed by atoms with Crippen LogP contribution in [0.2, 0.25) is 0 Å². The molecule has 1 unspecified atom stereocenters. The minimum atomic E-state index is 0.0504. The summed E-state index contributed by atoms with van der Waals surface area (Å²) in [5.74, 6) is 0.0504. The Morgan fingerprint density at radius 2 is 2.27 bits per heavy atom. The highest BCUT2D eigenvalue weighted by Crippen LogP contribution is 2.24. The van der Waals surface area contributed by atoms with Gasteiger partial charge in [0.05, 0.1) is 18.8 Å². The monoisotopic (exact) mass is 154 g/mol. The van der Waals surface area contributed by atoms with Gasteiger partial charge in [-0.1, -0.05) is 0 Å². The van der Waals surface area contributed by atoms with Crippen LogP contribution in [0.4, 0.5) is 0 Å². The molecule has 3 nitrogen and oxygen atoms in total. The molecule has 0 N–H and O–H groups in total. The highest BCUT2D eigenvalue weighted by atomic mass is 16.5. The molecule has 0 bridgehead atoms. The molecular formula is C8H12NO2. The molecule has 11 heavy (non-hydrogen) atoms. The molecule has 3 heteroatoms. The average molecular weight is 154 g/mol. The molecule has 1 heterocycles. The zero-order chi connectivity index (χ0) is 7.68. The molecule has 1 radical (unpaired) electrons. The van der Waals surface area contributed by atoms with Crippen LogP contribution >= 0.6 is 0 Å². The minimum Gasteiger partial charge on any atom is -0.376 e. The zero-order valence-corrected chi connectivity index (χ0v) is 6.45. The van der Waals surface area contributed by atoms with Crippen LogP contribution in [0.5, 0.6) is 0 Å². The summed E-state index contributed by atoms with van der Waals surface area (Å²) >= 11 is 0. The van der Waals surface area contributed by atoms with E-state index in [9.17, 15) is 4.79 Å². The fourth-order valence-corrected chi connectivity index (χ4v) is 1.23. The second-order valence-corrected chi connectivity index (χ2v) is 3.25. The van der Waals surface area contributed by atoms with Gasteiger partial charge >= 0.3 is 0 Å². The average Bonchev–Trinajstić information content (AvgIpc) is 2.72. The third-order valence-corrected chi connectivity index (χ3v) is 2.07. The molecule has 1 saturated heterocycles. The number of ether oxygens (including phenoxy) is 1. The molecule has 1 aliphatic heterocycles. The van der Waals surface area contributed by atoms with Crippen molar-refractivity contribution in [2.75, 3.05) is 6.61 Å². The summed E-state index contributed by atoms with van der Waals surface area (Å²) in [6, 6.07) is 0.170. The third kappa shape index (κ3) is 1.93. The second-order valence-electron chi connectivity index (χ2n) is 3.25. The Kier molecular flexibility index (Phi) is 1.82. The highest BCUT2D eigenvalue weighted by molar-refractivity contribution is 5.78. The smallest absolute Gasteiger partial charge is 0.241 e. The summed E-state index contributed by atoms with van der Waals surface area (Å²) in [5.41, 5.74) is 0. The van der Waals surface area contributed by atoms with E-state index < -0.39 is 0 Å². The molecule has 0 aromatic carbocycles. The summed E-state index contributed by atoms with van der Waals surface area (Å²) in [6.45, 7) is 0.663. The maximum atomic E-state index is 10.7. The Bertz CT molecular complexity index is 165. The van der Waals surface area contributed by atoms with Crippen LogP contribution in [0.15, 0.2) is 0 Å². The molecule has 1 saturated carbocycles. The molecule has 1 atom stereocenters. The van der Waals surface area contributed by atoms with Gasteiger partial charge in [-0.05, 0) is 19.3 Å². The Morgan fingerprint density at radius 1 is 1.45 bits per heavy atom. The lowest BCUT2D eigenvalue weighted by molar-refractivity contribution is -0.119. The van der Waals surface area contributed by atoms with Gasteiger partial charge in [-0.15, -0.1) is 0 Å². The fourth-order valence-electron chi connectivity index (χ4n) is 1.23. The minimum absolute atomic E-state index is 0.0504. The largest absolute Gasteiger partial charge is 0.376 e. The lowest BCUT2D eigenvalue weighted by Crippen LogP contribution is -2.23. The van der Waals surface area contributed by atoms with Crippen LogP contribution in [-0.4, -0.2) is 24.7 Å². The van der Waals surface area contributed by atoms with E-state index >= 15 is 0 Å². The van der Waals surface area contributed by atoms with E-state index in [4.69, 9.17) is 4.74 Å². The first-order chi connectivity index (χ1) is 5.34. The lowest BCUT2D eigenvalue weighted by atomic mass is 10.2. The van der Waals surface area contributed by atoms with Gasteiger partial charge in [-0.3, -0.25) is 4.79 Å². The quantitative estimate of drug-likeness (QED) is 0.592. The van der Waals surface area contributed by atoms with E-state index in [2.05, 4.69) is 5.32 Å². The van der Waals surface area contributed by atoms with Crippen LogP contribution < -0.4 is 5.32 Å². The Morgan fingerprint density at radius 3 is 2.82 bits per heavy atom. The molecule has 2 rings (SSSR count). The molecular weight excluding hydrogens is 142 g/mol. The van der Waals surface area contributed by atoms with Gasteiger partial charge < -0.3 is 4.74 Å². The van der Waals surface area contributed by atoms with Crippen LogP contribution in [-0.2, 0) is 9.53 Å². The van der Waals surface area contributed by atoms with Crippen molar-refractivity contribution in [1.29, 1.82) is 0 Å². The van der Waals surface area contributed by atoms with Crippen LogP contribution in [0.3, 0.4) is 0 Å². The van der Waals surface area contributed by atoms with E-state index in [1.165, 1.54) is 12.8 Å². The number of hydrogen-bond acceptors (Lipinski definition) is 2. The van der Waals surface area contributed by atoms with Gasteiger partial charge in [-0.25, -0.2) is 5.32 Å². The number of carbonyl (C=O) groups is 1. The maximum absolute atomic E-state index is 10.7. The third-order valence-electron chi connectivity index (χ3n) is 2.07. The highest BCUT2D eigenvalue weighted by Gasteiger charge is 2.27. The first-order valence-electron chi connectivity index (χ1n) is 4.20. The van der Waals surface area contributed by atoms with Gasteiger partial charge in [0.25, 0.3) is 0 Å². The van der Waals surface area contributed by atoms with E-state index in [0.29, 0.717) is 19.1 Å². The van der Waals surface area contributed by atoms with Crippen LogP contribution in [0, 0.1) is 0 Å². The van der Waals surface area contributed by atoms with Crippen LogP contribution in [0.1, 0.15) is 25.7 Å². The normalized spacial score (nSPS) is 30.5. The first-order valence-corrected chi connectivity index (χ1v) is 4.20. The first kappa shape index (κ1) is 7.10. The van der Waals surface area contributed by atoms with Gasteiger partial charge in [0.15, 0.2) is 0 Å². The molecule has 2 aliphatic rings. The lowest BCUT2D eigenvalue weighted by Gasteiger charge is -2.06. The molecule has 61 valence electrons. The maximum Gasteiger partial charge on any atom is 0.241 e. The van der Waals surface area contributed by atoms with Crippen molar-refractivity contribution in [3.63, 3.8) is 0 Å². The van der Waals surface area contributed by atoms with Gasteiger partial charge in [0.1, 0.15) is 0 Å². The molecule has 1 aliphatic carbocycles. The Hall–Kier alpha value is -0.570. The van der Waals surface area contributed by atoms with Crippen molar-refractivity contribution in [2.45, 2.75) is 37.8 Å². The SMILES string of the molecule is O=C1CCC(COC2CC2)[N]1. The van der Waals surface area contributed by atoms with Crippen LogP contribution in [0.25, 0.3) is 0 Å². The fraction of sp³-hybridized carbons (Fsp3) is 0.875. The number of amides is 1. The van der Waals surface area contributed by atoms with Crippen molar-refractivity contribution < 1.29 is 9.53 Å². The van der Waals surface area contributed by atoms with E-state index in [0.717, 1.165) is 6.42 Å². The van der Waals surface area contributed by atoms with Gasteiger partial charge in [0, 0.05) is 6.42 Å². The van der Waals surface area contributed by atoms with Crippen molar-refractivity contribution in [3.05, 3.63) is 0 Å². The van der Waals surface area contributed by atoms with Crippen molar-refractivity contribution in [3.8, 4) is 0 Å². The standard InChI is InChI=1S/C8H12NO2/c10-8-4-1-6(9-8)5-11-7-2-3-7/h6-7H,1-5H2. The number of hydrogen-bond donors (Lipinski definition) is 0. The molecule has 2 fully saturated rings. The van der Waals surface area contributed by atoms with E-state index in [-0.39, 0.29) is 11.9 Å². The number of nitrogens with zero attached hydrogens (tertiary/aromatic N) is 1.